The summed E-state index contributed by atoms with van der Waals surface area (Å²) in [5, 5.41) is 0.798. The van der Waals surface area contributed by atoms with E-state index in [4.69, 9.17) is 11.6 Å². The fourth-order valence-electron chi connectivity index (χ4n) is 3.72. The molecule has 1 aromatic heterocycles. The Balaban J connectivity index is 2.00. The molecule has 1 aliphatic rings. The molecule has 0 spiro atoms. The predicted molar refractivity (Wildman–Crippen MR) is 120 cm³/mol. The minimum atomic E-state index is -3.68. The quantitative estimate of drug-likeness (QED) is 0.607. The number of halogens is 1. The Kier molecular flexibility index (Phi) is 5.02. The van der Waals surface area contributed by atoms with Crippen molar-refractivity contribution < 1.29 is 13.2 Å². The van der Waals surface area contributed by atoms with E-state index in [1.807, 2.05) is 19.1 Å². The van der Waals surface area contributed by atoms with Crippen LogP contribution in [0.25, 0.3) is 21.8 Å². The van der Waals surface area contributed by atoms with E-state index >= 15 is 0 Å². The van der Waals surface area contributed by atoms with Gasteiger partial charge in [0.1, 0.15) is 6.54 Å². The van der Waals surface area contributed by atoms with Crippen molar-refractivity contribution in [1.29, 1.82) is 0 Å². The van der Waals surface area contributed by atoms with E-state index in [9.17, 15) is 18.0 Å². The van der Waals surface area contributed by atoms with E-state index < -0.39 is 21.2 Å². The Hall–Kier alpha value is -2.58. The van der Waals surface area contributed by atoms with Gasteiger partial charge in [-0.1, -0.05) is 17.7 Å². The molecule has 0 atom stereocenters. The molecule has 2 aromatic carbocycles. The Bertz CT molecular complexity index is 1360. The highest BCUT2D eigenvalue weighted by Crippen LogP contribution is 2.34. The van der Waals surface area contributed by atoms with E-state index in [1.165, 1.54) is 0 Å². The first-order chi connectivity index (χ1) is 14.1. The number of benzene rings is 2. The molecule has 7 nitrogen and oxygen atoms in total. The summed E-state index contributed by atoms with van der Waals surface area (Å²) in [6, 6.07) is 8.68. The van der Waals surface area contributed by atoms with E-state index in [-0.39, 0.29) is 12.0 Å². The number of hydrogen-bond acceptors (Lipinski definition) is 5. The second kappa shape index (κ2) is 7.28. The summed E-state index contributed by atoms with van der Waals surface area (Å²) in [6.07, 6.45) is 1.12. The highest BCUT2D eigenvalue weighted by molar-refractivity contribution is 7.90. The summed E-state index contributed by atoms with van der Waals surface area (Å²) in [4.78, 5) is 27.7. The summed E-state index contributed by atoms with van der Waals surface area (Å²) >= 11 is 6.44. The molecular formula is C21H22ClN3O4S. The molecule has 0 saturated heterocycles. The third-order valence-corrected chi connectivity index (χ3v) is 7.44. The third-order valence-electron chi connectivity index (χ3n) is 5.27. The highest BCUT2D eigenvalue weighted by atomic mass is 35.5. The highest BCUT2D eigenvalue weighted by Gasteiger charge is 2.37. The van der Waals surface area contributed by atoms with Crippen molar-refractivity contribution in [2.24, 2.45) is 0 Å². The van der Waals surface area contributed by atoms with Crippen molar-refractivity contribution in [3.63, 3.8) is 0 Å². The van der Waals surface area contributed by atoms with Gasteiger partial charge in [-0.15, -0.1) is 0 Å². The van der Waals surface area contributed by atoms with Gasteiger partial charge in [0.05, 0.1) is 27.0 Å². The molecule has 0 unspecified atom stereocenters. The number of aryl methyl sites for hydroxylation is 1. The summed E-state index contributed by atoms with van der Waals surface area (Å²) < 4.78 is 28.3. The van der Waals surface area contributed by atoms with Gasteiger partial charge in [0.2, 0.25) is 10.0 Å². The lowest BCUT2D eigenvalue weighted by molar-refractivity contribution is -0.119. The number of nitrogens with one attached hydrogen (secondary N) is 1. The van der Waals surface area contributed by atoms with Crippen LogP contribution in [0.3, 0.4) is 0 Å². The maximum absolute atomic E-state index is 13.2. The number of carbonyl (C=O) groups is 1. The molecule has 3 aromatic rings. The number of pyridine rings is 1. The number of carbonyl (C=O) groups excluding carboxylic acids is 1. The molecule has 158 valence electrons. The molecule has 1 aliphatic carbocycles. The van der Waals surface area contributed by atoms with Gasteiger partial charge in [-0.05, 0) is 49.6 Å². The predicted octanol–water partition coefficient (Wildman–Crippen LogP) is 2.79. The van der Waals surface area contributed by atoms with Gasteiger partial charge in [-0.3, -0.25) is 14.3 Å². The molecule has 1 heterocycles. The van der Waals surface area contributed by atoms with Crippen molar-refractivity contribution in [2.45, 2.75) is 31.6 Å². The Morgan fingerprint density at radius 3 is 2.50 bits per heavy atom. The average Bonchev–Trinajstić information content (AvgIpc) is 3.50. The van der Waals surface area contributed by atoms with Gasteiger partial charge in [-0.2, -0.15) is 0 Å². The topological polar surface area (TPSA) is 88.5 Å². The number of amides is 1. The van der Waals surface area contributed by atoms with Crippen LogP contribution >= 0.6 is 11.6 Å². The van der Waals surface area contributed by atoms with Crippen molar-refractivity contribution >= 4 is 55.0 Å². The smallest absolute Gasteiger partial charge is 0.253 e. The normalized spacial score (nSPS) is 14.3. The average molecular weight is 448 g/mol. The van der Waals surface area contributed by atoms with Gasteiger partial charge in [-0.25, -0.2) is 8.42 Å². The zero-order chi connectivity index (χ0) is 21.8. The molecule has 1 fully saturated rings. The van der Waals surface area contributed by atoms with E-state index in [2.05, 4.69) is 4.72 Å². The molecule has 0 bridgehead atoms. The van der Waals surface area contributed by atoms with E-state index in [0.29, 0.717) is 45.4 Å². The first-order valence-corrected chi connectivity index (χ1v) is 11.5. The summed E-state index contributed by atoms with van der Waals surface area (Å²) in [6.45, 7) is 1.63. The molecule has 30 heavy (non-hydrogen) atoms. The standard InChI is InChI=1S/C21H22ClN3O4S/c1-12-4-7-14-17(10-12)25(11-18(26)23-30(28,29)13-5-6-13)19-15(21(14)27)8-9-16(22)20(19)24(2)3/h4,7-10,13H,5-6,11H2,1-3H3,(H,23,26). The lowest BCUT2D eigenvalue weighted by Gasteiger charge is -2.22. The van der Waals surface area contributed by atoms with Crippen LogP contribution in [0, 0.1) is 6.92 Å². The van der Waals surface area contributed by atoms with E-state index in [0.717, 1.165) is 5.56 Å². The maximum Gasteiger partial charge on any atom is 0.253 e. The number of anilines is 1. The fourth-order valence-corrected chi connectivity index (χ4v) is 5.35. The lowest BCUT2D eigenvalue weighted by Crippen LogP contribution is -2.36. The number of aromatic nitrogens is 1. The number of rotatable bonds is 5. The summed E-state index contributed by atoms with van der Waals surface area (Å²) in [5.41, 5.74) is 2.38. The number of nitrogens with zero attached hydrogens (tertiary/aromatic N) is 2. The zero-order valence-electron chi connectivity index (χ0n) is 16.9. The van der Waals surface area contributed by atoms with Crippen LogP contribution in [0.4, 0.5) is 5.69 Å². The molecule has 4 rings (SSSR count). The minimum absolute atomic E-state index is 0.165. The minimum Gasteiger partial charge on any atom is -0.375 e. The third kappa shape index (κ3) is 3.54. The largest absolute Gasteiger partial charge is 0.375 e. The molecule has 0 radical (unpaired) electrons. The number of sulfonamides is 1. The molecule has 1 N–H and O–H groups in total. The summed E-state index contributed by atoms with van der Waals surface area (Å²) in [5.74, 6) is -0.653. The molecular weight excluding hydrogens is 426 g/mol. The van der Waals surface area contributed by atoms with Crippen molar-refractivity contribution in [3.8, 4) is 0 Å². The van der Waals surface area contributed by atoms with E-state index in [1.54, 1.807) is 41.8 Å². The van der Waals surface area contributed by atoms with Gasteiger partial charge in [0.15, 0.2) is 5.43 Å². The Labute approximate surface area is 179 Å². The number of hydrogen-bond donors (Lipinski definition) is 1. The Morgan fingerprint density at radius 2 is 1.87 bits per heavy atom. The van der Waals surface area contributed by atoms with Crippen molar-refractivity contribution in [3.05, 3.63) is 51.1 Å². The summed E-state index contributed by atoms with van der Waals surface area (Å²) in [7, 11) is -0.0767. The zero-order valence-corrected chi connectivity index (χ0v) is 18.5. The first kappa shape index (κ1) is 20.7. The van der Waals surface area contributed by atoms with Crippen LogP contribution in [0.1, 0.15) is 18.4 Å². The second-order valence-electron chi connectivity index (χ2n) is 7.89. The van der Waals surface area contributed by atoms with Gasteiger partial charge >= 0.3 is 0 Å². The Morgan fingerprint density at radius 1 is 1.20 bits per heavy atom. The van der Waals surface area contributed by atoms with Gasteiger partial charge in [0.25, 0.3) is 5.91 Å². The van der Waals surface area contributed by atoms with Crippen LogP contribution in [-0.4, -0.2) is 38.2 Å². The van der Waals surface area contributed by atoms with Crippen LogP contribution in [0.5, 0.6) is 0 Å². The monoisotopic (exact) mass is 447 g/mol. The second-order valence-corrected chi connectivity index (χ2v) is 10.3. The van der Waals surface area contributed by atoms with Gasteiger partial charge in [0, 0.05) is 24.9 Å². The fraction of sp³-hybridized carbons (Fsp3) is 0.333. The number of fused-ring (bicyclic) bond motifs is 2. The molecule has 1 amide bonds. The molecule has 0 aliphatic heterocycles. The SMILES string of the molecule is Cc1ccc2c(=O)c3ccc(Cl)c(N(C)C)c3n(CC(=O)NS(=O)(=O)C3CC3)c2c1. The van der Waals surface area contributed by atoms with Crippen LogP contribution in [-0.2, 0) is 21.4 Å². The molecule has 9 heteroatoms. The van der Waals surface area contributed by atoms with Crippen molar-refractivity contribution in [2.75, 3.05) is 19.0 Å². The van der Waals surface area contributed by atoms with Crippen LogP contribution < -0.4 is 15.1 Å². The van der Waals surface area contributed by atoms with Crippen LogP contribution in [0.2, 0.25) is 5.02 Å². The van der Waals surface area contributed by atoms with Crippen LogP contribution in [0.15, 0.2) is 35.1 Å². The van der Waals surface area contributed by atoms with Crippen molar-refractivity contribution in [1.82, 2.24) is 9.29 Å². The van der Waals surface area contributed by atoms with Gasteiger partial charge < -0.3 is 9.47 Å². The lowest BCUT2D eigenvalue weighted by atomic mass is 10.1. The first-order valence-electron chi connectivity index (χ1n) is 9.57. The molecule has 1 saturated carbocycles. The maximum atomic E-state index is 13.2.